The Morgan fingerprint density at radius 1 is 1.03 bits per heavy atom. The second-order valence-electron chi connectivity index (χ2n) is 7.50. The zero-order valence-corrected chi connectivity index (χ0v) is 17.2. The number of aromatic nitrogens is 3. The highest BCUT2D eigenvalue weighted by Crippen LogP contribution is 2.30. The van der Waals surface area contributed by atoms with Gasteiger partial charge in [0, 0.05) is 24.2 Å². The van der Waals surface area contributed by atoms with E-state index in [0.29, 0.717) is 17.0 Å². The second-order valence-corrected chi connectivity index (χ2v) is 7.50. The molecule has 4 rings (SSSR count). The van der Waals surface area contributed by atoms with E-state index in [1.807, 2.05) is 67.6 Å². The van der Waals surface area contributed by atoms with Crippen LogP contribution in [-0.2, 0) is 0 Å². The zero-order chi connectivity index (χ0) is 21.1. The van der Waals surface area contributed by atoms with Crippen molar-refractivity contribution in [3.8, 4) is 22.7 Å². The number of para-hydroxylation sites is 1. The van der Waals surface area contributed by atoms with Gasteiger partial charge in [-0.3, -0.25) is 4.98 Å². The molecule has 150 valence electrons. The zero-order valence-electron chi connectivity index (χ0n) is 17.2. The van der Waals surface area contributed by atoms with E-state index in [0.717, 1.165) is 22.4 Å². The van der Waals surface area contributed by atoms with Gasteiger partial charge in [0.1, 0.15) is 17.0 Å². The third-order valence-corrected chi connectivity index (χ3v) is 4.88. The summed E-state index contributed by atoms with van der Waals surface area (Å²) < 4.78 is 7.57. The van der Waals surface area contributed by atoms with Crippen LogP contribution < -0.4 is 4.74 Å². The third-order valence-electron chi connectivity index (χ3n) is 4.88. The number of esters is 1. The van der Waals surface area contributed by atoms with Gasteiger partial charge in [0.2, 0.25) is 0 Å². The lowest BCUT2D eigenvalue weighted by atomic mass is 10.0. The first-order valence-corrected chi connectivity index (χ1v) is 9.91. The summed E-state index contributed by atoms with van der Waals surface area (Å²) in [6.07, 6.45) is 5.10. The second kappa shape index (κ2) is 8.33. The Bertz CT molecular complexity index is 1170. The van der Waals surface area contributed by atoms with Crippen molar-refractivity contribution >= 4 is 5.97 Å². The van der Waals surface area contributed by atoms with Crippen LogP contribution in [0.2, 0.25) is 0 Å². The van der Waals surface area contributed by atoms with Crippen LogP contribution in [0.25, 0.3) is 16.9 Å². The molecule has 0 saturated heterocycles. The molecular formula is C25H23N3O2. The van der Waals surface area contributed by atoms with Gasteiger partial charge < -0.3 is 4.74 Å². The minimum Gasteiger partial charge on any atom is -0.423 e. The van der Waals surface area contributed by atoms with Crippen molar-refractivity contribution in [3.63, 3.8) is 0 Å². The lowest BCUT2D eigenvalue weighted by Gasteiger charge is -2.13. The highest BCUT2D eigenvalue weighted by atomic mass is 16.5. The number of ether oxygens (including phenoxy) is 1. The molecule has 0 atom stereocenters. The molecule has 0 fully saturated rings. The van der Waals surface area contributed by atoms with Gasteiger partial charge in [-0.1, -0.05) is 44.2 Å². The molecule has 0 aliphatic heterocycles. The topological polar surface area (TPSA) is 57.0 Å². The van der Waals surface area contributed by atoms with Crippen LogP contribution >= 0.6 is 0 Å². The summed E-state index contributed by atoms with van der Waals surface area (Å²) in [5.41, 5.74) is 4.58. The normalized spacial score (nSPS) is 10.9. The molecule has 2 heterocycles. The number of carbonyl (C=O) groups is 1. The van der Waals surface area contributed by atoms with E-state index in [-0.39, 0.29) is 5.92 Å². The van der Waals surface area contributed by atoms with Gasteiger partial charge in [0.05, 0.1) is 5.69 Å². The molecule has 2 aromatic heterocycles. The van der Waals surface area contributed by atoms with Crippen molar-refractivity contribution in [3.05, 3.63) is 95.9 Å². The number of rotatable bonds is 5. The standard InChI is InChI=1S/C25H23N3O2/c1-17(2)21-12-11-18(3)14-23(21)30-25(29)22-16-28(20-9-5-4-6-10-20)27-24(22)19-8-7-13-26-15-19/h4-17H,1-3H3. The molecule has 2 aromatic carbocycles. The van der Waals surface area contributed by atoms with E-state index in [1.54, 1.807) is 23.3 Å². The van der Waals surface area contributed by atoms with Gasteiger partial charge in [0.15, 0.2) is 0 Å². The van der Waals surface area contributed by atoms with Gasteiger partial charge >= 0.3 is 5.97 Å². The number of hydrogen-bond donors (Lipinski definition) is 0. The van der Waals surface area contributed by atoms with Crippen LogP contribution in [0.4, 0.5) is 0 Å². The van der Waals surface area contributed by atoms with Crippen molar-refractivity contribution in [1.82, 2.24) is 14.8 Å². The van der Waals surface area contributed by atoms with Crippen LogP contribution in [0.15, 0.2) is 79.3 Å². The molecule has 5 heteroatoms. The summed E-state index contributed by atoms with van der Waals surface area (Å²) in [6, 6.07) is 19.3. The maximum atomic E-state index is 13.2. The van der Waals surface area contributed by atoms with Gasteiger partial charge in [-0.25, -0.2) is 9.48 Å². The van der Waals surface area contributed by atoms with Gasteiger partial charge in [-0.2, -0.15) is 5.10 Å². The van der Waals surface area contributed by atoms with Crippen LogP contribution in [0, 0.1) is 6.92 Å². The van der Waals surface area contributed by atoms with E-state index in [9.17, 15) is 4.79 Å². The molecule has 0 N–H and O–H groups in total. The molecular weight excluding hydrogens is 374 g/mol. The van der Waals surface area contributed by atoms with E-state index < -0.39 is 5.97 Å². The minimum absolute atomic E-state index is 0.234. The van der Waals surface area contributed by atoms with Crippen molar-refractivity contribution in [1.29, 1.82) is 0 Å². The molecule has 0 aliphatic carbocycles. The summed E-state index contributed by atoms with van der Waals surface area (Å²) in [4.78, 5) is 17.4. The number of benzene rings is 2. The highest BCUT2D eigenvalue weighted by Gasteiger charge is 2.22. The molecule has 0 unspecified atom stereocenters. The Kier molecular flexibility index (Phi) is 5.44. The lowest BCUT2D eigenvalue weighted by molar-refractivity contribution is 0.0733. The van der Waals surface area contributed by atoms with Crippen molar-refractivity contribution in [2.75, 3.05) is 0 Å². The fraction of sp³-hybridized carbons (Fsp3) is 0.160. The Morgan fingerprint density at radius 3 is 2.53 bits per heavy atom. The number of carbonyl (C=O) groups excluding carboxylic acids is 1. The summed E-state index contributed by atoms with van der Waals surface area (Å²) in [5, 5.41) is 4.66. The first kappa shape index (κ1) is 19.6. The average molecular weight is 397 g/mol. The smallest absolute Gasteiger partial charge is 0.347 e. The summed E-state index contributed by atoms with van der Waals surface area (Å²) in [5.74, 6) is 0.376. The Labute approximate surface area is 176 Å². The maximum Gasteiger partial charge on any atom is 0.347 e. The monoisotopic (exact) mass is 397 g/mol. The highest BCUT2D eigenvalue weighted by molar-refractivity contribution is 5.97. The van der Waals surface area contributed by atoms with Crippen molar-refractivity contribution < 1.29 is 9.53 Å². The maximum absolute atomic E-state index is 13.2. The summed E-state index contributed by atoms with van der Waals surface area (Å²) >= 11 is 0. The number of aryl methyl sites for hydroxylation is 1. The average Bonchev–Trinajstić information content (AvgIpc) is 3.20. The van der Waals surface area contributed by atoms with E-state index in [1.165, 1.54) is 0 Å². The van der Waals surface area contributed by atoms with Gasteiger partial charge in [-0.15, -0.1) is 0 Å². The Balaban J connectivity index is 1.77. The Hall–Kier alpha value is -3.73. The molecule has 0 saturated carbocycles. The minimum atomic E-state index is -0.441. The molecule has 0 spiro atoms. The quantitative estimate of drug-likeness (QED) is 0.326. The third kappa shape index (κ3) is 4.01. The first-order chi connectivity index (χ1) is 14.5. The first-order valence-electron chi connectivity index (χ1n) is 9.91. The number of hydrogen-bond acceptors (Lipinski definition) is 4. The lowest BCUT2D eigenvalue weighted by Crippen LogP contribution is -2.11. The van der Waals surface area contributed by atoms with Crippen molar-refractivity contribution in [2.45, 2.75) is 26.7 Å². The Morgan fingerprint density at radius 2 is 1.83 bits per heavy atom. The van der Waals surface area contributed by atoms with Crippen LogP contribution in [0.5, 0.6) is 5.75 Å². The molecule has 0 bridgehead atoms. The summed E-state index contributed by atoms with van der Waals surface area (Å²) in [6.45, 7) is 6.14. The predicted octanol–water partition coefficient (Wildman–Crippen LogP) is 5.59. The van der Waals surface area contributed by atoms with E-state index in [2.05, 4.69) is 23.9 Å². The van der Waals surface area contributed by atoms with Gasteiger partial charge in [0.25, 0.3) is 0 Å². The molecule has 0 radical (unpaired) electrons. The van der Waals surface area contributed by atoms with Crippen LogP contribution in [0.3, 0.4) is 0 Å². The number of pyridine rings is 1. The van der Waals surface area contributed by atoms with Gasteiger partial charge in [-0.05, 0) is 54.3 Å². The van der Waals surface area contributed by atoms with Crippen molar-refractivity contribution in [2.24, 2.45) is 0 Å². The SMILES string of the molecule is Cc1ccc(C(C)C)c(OC(=O)c2cn(-c3ccccc3)nc2-c2cccnc2)c1. The molecule has 4 aromatic rings. The predicted molar refractivity (Wildman–Crippen MR) is 117 cm³/mol. The van der Waals surface area contributed by atoms with Crippen LogP contribution in [-0.4, -0.2) is 20.7 Å². The fourth-order valence-corrected chi connectivity index (χ4v) is 3.31. The van der Waals surface area contributed by atoms with Crippen LogP contribution in [0.1, 0.15) is 41.3 Å². The number of nitrogens with zero attached hydrogens (tertiary/aromatic N) is 3. The molecule has 0 amide bonds. The summed E-state index contributed by atoms with van der Waals surface area (Å²) in [7, 11) is 0. The fourth-order valence-electron chi connectivity index (χ4n) is 3.31. The molecule has 5 nitrogen and oxygen atoms in total. The van der Waals surface area contributed by atoms with E-state index >= 15 is 0 Å². The van der Waals surface area contributed by atoms with E-state index in [4.69, 9.17) is 4.74 Å². The largest absolute Gasteiger partial charge is 0.423 e. The molecule has 0 aliphatic rings. The molecule has 30 heavy (non-hydrogen) atoms.